The van der Waals surface area contributed by atoms with Gasteiger partial charge in [0.1, 0.15) is 0 Å². The van der Waals surface area contributed by atoms with Crippen molar-refractivity contribution in [1.29, 1.82) is 0 Å². The monoisotopic (exact) mass is 244 g/mol. The first kappa shape index (κ1) is 12.0. The number of rotatable bonds is 3. The summed E-state index contributed by atoms with van der Waals surface area (Å²) >= 11 is 0. The van der Waals surface area contributed by atoms with Crippen LogP contribution in [0.25, 0.3) is 0 Å². The molecule has 1 aliphatic carbocycles. The third-order valence-electron chi connectivity index (χ3n) is 4.62. The number of para-hydroxylation sites is 1. The first-order chi connectivity index (χ1) is 8.93. The molecule has 2 heteroatoms. The Hall–Kier alpha value is -1.02. The minimum atomic E-state index is 0.851. The summed E-state index contributed by atoms with van der Waals surface area (Å²) in [4.78, 5) is 2.68. The number of fused-ring (bicyclic) bond motifs is 1. The second-order valence-corrected chi connectivity index (χ2v) is 5.77. The molecule has 2 aliphatic rings. The fraction of sp³-hybridized carbons (Fsp3) is 0.625. The van der Waals surface area contributed by atoms with E-state index >= 15 is 0 Å². The molecule has 98 valence electrons. The minimum Gasteiger partial charge on any atom is -0.372 e. The highest BCUT2D eigenvalue weighted by atomic mass is 15.2. The summed E-state index contributed by atoms with van der Waals surface area (Å²) in [6.45, 7) is 2.30. The fourth-order valence-corrected chi connectivity index (χ4v) is 3.67. The highest BCUT2D eigenvalue weighted by Crippen LogP contribution is 2.34. The van der Waals surface area contributed by atoms with Crippen LogP contribution in [0.3, 0.4) is 0 Å². The zero-order valence-corrected chi connectivity index (χ0v) is 11.1. The zero-order chi connectivity index (χ0) is 12.2. The van der Waals surface area contributed by atoms with Crippen molar-refractivity contribution >= 4 is 5.69 Å². The topological polar surface area (TPSA) is 15.3 Å². The van der Waals surface area contributed by atoms with Gasteiger partial charge in [-0.05, 0) is 43.7 Å². The molecule has 2 nitrogen and oxygen atoms in total. The molecule has 3 rings (SSSR count). The van der Waals surface area contributed by atoms with E-state index in [9.17, 15) is 0 Å². The molecule has 1 aromatic rings. The zero-order valence-electron chi connectivity index (χ0n) is 11.1. The van der Waals surface area contributed by atoms with Gasteiger partial charge in [-0.1, -0.05) is 31.0 Å². The quantitative estimate of drug-likeness (QED) is 0.872. The Bertz CT molecular complexity index is 361. The van der Waals surface area contributed by atoms with Crippen molar-refractivity contribution in [2.24, 2.45) is 5.92 Å². The Balaban J connectivity index is 1.58. The van der Waals surface area contributed by atoms with Crippen LogP contribution in [0.5, 0.6) is 0 Å². The van der Waals surface area contributed by atoms with Crippen molar-refractivity contribution in [1.82, 2.24) is 4.90 Å². The van der Waals surface area contributed by atoms with E-state index in [-0.39, 0.29) is 0 Å². The lowest BCUT2D eigenvalue weighted by Gasteiger charge is -2.44. The SMILES string of the molecule is c1ccc(NCN2CCCC3CCCCC32)cc1. The van der Waals surface area contributed by atoms with Crippen LogP contribution in [0.15, 0.2) is 30.3 Å². The van der Waals surface area contributed by atoms with Crippen LogP contribution in [-0.4, -0.2) is 24.2 Å². The Kier molecular flexibility index (Phi) is 3.84. The van der Waals surface area contributed by atoms with Gasteiger partial charge in [-0.2, -0.15) is 0 Å². The number of nitrogens with one attached hydrogen (secondary N) is 1. The van der Waals surface area contributed by atoms with Gasteiger partial charge >= 0.3 is 0 Å². The Morgan fingerprint density at radius 1 is 1.00 bits per heavy atom. The van der Waals surface area contributed by atoms with Gasteiger partial charge in [0.2, 0.25) is 0 Å². The molecule has 0 bridgehead atoms. The summed E-state index contributed by atoms with van der Waals surface area (Å²) in [6.07, 6.45) is 8.63. The van der Waals surface area contributed by atoms with Gasteiger partial charge in [-0.15, -0.1) is 0 Å². The Labute approximate surface area is 110 Å². The lowest BCUT2D eigenvalue weighted by molar-refractivity contribution is 0.0675. The van der Waals surface area contributed by atoms with E-state index in [4.69, 9.17) is 0 Å². The van der Waals surface area contributed by atoms with Crippen LogP contribution in [-0.2, 0) is 0 Å². The van der Waals surface area contributed by atoms with E-state index in [0.717, 1.165) is 18.6 Å². The maximum absolute atomic E-state index is 3.57. The lowest BCUT2D eigenvalue weighted by Crippen LogP contribution is -2.48. The largest absolute Gasteiger partial charge is 0.372 e. The Morgan fingerprint density at radius 2 is 1.78 bits per heavy atom. The standard InChI is InChI=1S/C16H24N2/c1-2-9-15(10-3-1)17-13-18-12-6-8-14-7-4-5-11-16(14)18/h1-3,9-10,14,16-17H,4-8,11-13H2. The molecular weight excluding hydrogens is 220 g/mol. The number of piperidine rings is 1. The molecular formula is C16H24N2. The fourth-order valence-electron chi connectivity index (χ4n) is 3.67. The molecule has 1 N–H and O–H groups in total. The normalized spacial score (nSPS) is 28.7. The van der Waals surface area contributed by atoms with Crippen LogP contribution in [0, 0.1) is 5.92 Å². The predicted molar refractivity (Wildman–Crippen MR) is 76.6 cm³/mol. The number of hydrogen-bond donors (Lipinski definition) is 1. The van der Waals surface area contributed by atoms with E-state index < -0.39 is 0 Å². The number of nitrogens with zero attached hydrogens (tertiary/aromatic N) is 1. The van der Waals surface area contributed by atoms with E-state index in [1.165, 1.54) is 50.8 Å². The number of anilines is 1. The van der Waals surface area contributed by atoms with Crippen LogP contribution < -0.4 is 5.32 Å². The summed E-state index contributed by atoms with van der Waals surface area (Å²) in [5, 5.41) is 3.57. The number of likely N-dealkylation sites (tertiary alicyclic amines) is 1. The molecule has 1 aromatic carbocycles. The number of benzene rings is 1. The molecule has 1 aliphatic heterocycles. The van der Waals surface area contributed by atoms with Crippen molar-refractivity contribution in [3.63, 3.8) is 0 Å². The second kappa shape index (κ2) is 5.75. The van der Waals surface area contributed by atoms with Crippen molar-refractivity contribution in [3.8, 4) is 0 Å². The van der Waals surface area contributed by atoms with Gasteiger partial charge in [-0.3, -0.25) is 4.90 Å². The Morgan fingerprint density at radius 3 is 2.67 bits per heavy atom. The number of hydrogen-bond acceptors (Lipinski definition) is 2. The van der Waals surface area contributed by atoms with E-state index in [1.807, 2.05) is 0 Å². The smallest absolute Gasteiger partial charge is 0.0680 e. The van der Waals surface area contributed by atoms with Gasteiger partial charge in [0.25, 0.3) is 0 Å². The second-order valence-electron chi connectivity index (χ2n) is 5.77. The van der Waals surface area contributed by atoms with Crippen molar-refractivity contribution in [3.05, 3.63) is 30.3 Å². The van der Waals surface area contributed by atoms with Crippen molar-refractivity contribution in [2.45, 2.75) is 44.6 Å². The van der Waals surface area contributed by atoms with Crippen LogP contribution in [0.1, 0.15) is 38.5 Å². The molecule has 1 heterocycles. The summed E-state index contributed by atoms with van der Waals surface area (Å²) < 4.78 is 0. The summed E-state index contributed by atoms with van der Waals surface area (Å²) in [5.41, 5.74) is 1.25. The molecule has 1 saturated carbocycles. The highest BCUT2D eigenvalue weighted by Gasteiger charge is 2.32. The van der Waals surface area contributed by atoms with E-state index in [0.29, 0.717) is 0 Å². The highest BCUT2D eigenvalue weighted by molar-refractivity contribution is 5.42. The van der Waals surface area contributed by atoms with Gasteiger partial charge in [-0.25, -0.2) is 0 Å². The molecule has 0 spiro atoms. The average molecular weight is 244 g/mol. The summed E-state index contributed by atoms with van der Waals surface area (Å²) in [7, 11) is 0. The first-order valence-corrected chi connectivity index (χ1v) is 7.46. The van der Waals surface area contributed by atoms with Gasteiger partial charge < -0.3 is 5.32 Å². The van der Waals surface area contributed by atoms with Gasteiger partial charge in [0.15, 0.2) is 0 Å². The molecule has 1 saturated heterocycles. The van der Waals surface area contributed by atoms with E-state index in [2.05, 4.69) is 40.5 Å². The molecule has 0 aromatic heterocycles. The maximum Gasteiger partial charge on any atom is 0.0680 e. The summed E-state index contributed by atoms with van der Waals surface area (Å²) in [6, 6.07) is 11.4. The van der Waals surface area contributed by atoms with Crippen LogP contribution in [0.4, 0.5) is 5.69 Å². The van der Waals surface area contributed by atoms with Crippen molar-refractivity contribution < 1.29 is 0 Å². The third-order valence-corrected chi connectivity index (χ3v) is 4.62. The first-order valence-electron chi connectivity index (χ1n) is 7.46. The predicted octanol–water partition coefficient (Wildman–Crippen LogP) is 3.71. The maximum atomic E-state index is 3.57. The molecule has 2 unspecified atom stereocenters. The molecule has 0 radical (unpaired) electrons. The molecule has 2 fully saturated rings. The molecule has 18 heavy (non-hydrogen) atoms. The van der Waals surface area contributed by atoms with Crippen LogP contribution in [0.2, 0.25) is 0 Å². The molecule has 2 atom stereocenters. The van der Waals surface area contributed by atoms with Crippen molar-refractivity contribution in [2.75, 3.05) is 18.5 Å². The van der Waals surface area contributed by atoms with E-state index in [1.54, 1.807) is 0 Å². The van der Waals surface area contributed by atoms with Crippen LogP contribution >= 0.6 is 0 Å². The third kappa shape index (κ3) is 2.69. The summed E-state index contributed by atoms with van der Waals surface area (Å²) in [5.74, 6) is 0.977. The molecule has 0 amide bonds. The lowest BCUT2D eigenvalue weighted by atomic mass is 9.78. The van der Waals surface area contributed by atoms with Gasteiger partial charge in [0.05, 0.1) is 6.67 Å². The average Bonchev–Trinajstić information content (AvgIpc) is 2.46. The minimum absolute atomic E-state index is 0.851. The van der Waals surface area contributed by atoms with Gasteiger partial charge in [0, 0.05) is 18.3 Å².